The first-order chi connectivity index (χ1) is 9.38. The van der Waals surface area contributed by atoms with E-state index in [1.165, 1.54) is 64.2 Å². The average molecular weight is 288 g/mol. The zero-order valence-electron chi connectivity index (χ0n) is 12.7. The van der Waals surface area contributed by atoms with Crippen molar-refractivity contribution in [3.63, 3.8) is 0 Å². The van der Waals surface area contributed by atoms with E-state index >= 15 is 0 Å². The Morgan fingerprint density at radius 2 is 1.53 bits per heavy atom. The molecule has 0 radical (unpaired) electrons. The van der Waals surface area contributed by atoms with Crippen LogP contribution in [0.3, 0.4) is 0 Å². The molecule has 2 N–H and O–H groups in total. The van der Waals surface area contributed by atoms with Crippen LogP contribution in [0.4, 0.5) is 0 Å². The van der Waals surface area contributed by atoms with Crippen molar-refractivity contribution < 1.29 is 5.11 Å². The number of hydrogen-bond acceptors (Lipinski definition) is 3. The molecule has 0 heterocycles. The predicted octanol–water partition coefficient (Wildman–Crippen LogP) is 3.97. The van der Waals surface area contributed by atoms with Crippen LogP contribution in [-0.2, 0) is 0 Å². The third-order valence-corrected chi connectivity index (χ3v) is 5.50. The fraction of sp³-hybridized carbons (Fsp3) is 1.00. The lowest BCUT2D eigenvalue weighted by Gasteiger charge is -2.28. The Hall–Kier alpha value is 0.270. The zero-order valence-corrected chi connectivity index (χ0v) is 13.5. The van der Waals surface area contributed by atoms with E-state index in [1.54, 1.807) is 0 Å². The van der Waals surface area contributed by atoms with E-state index in [0.29, 0.717) is 17.9 Å². The van der Waals surface area contributed by atoms with Gasteiger partial charge in [-0.3, -0.25) is 0 Å². The predicted molar refractivity (Wildman–Crippen MR) is 87.0 cm³/mol. The van der Waals surface area contributed by atoms with Gasteiger partial charge in [-0.05, 0) is 19.4 Å². The summed E-state index contributed by atoms with van der Waals surface area (Å²) in [5.74, 6) is 0.895. The Labute approximate surface area is 124 Å². The highest BCUT2D eigenvalue weighted by Gasteiger charge is 2.20. The summed E-state index contributed by atoms with van der Waals surface area (Å²) in [5, 5.41) is 13.5. The molecule has 1 fully saturated rings. The fourth-order valence-electron chi connectivity index (χ4n) is 3.06. The molecule has 19 heavy (non-hydrogen) atoms. The van der Waals surface area contributed by atoms with Crippen molar-refractivity contribution >= 4 is 11.8 Å². The van der Waals surface area contributed by atoms with E-state index in [0.717, 1.165) is 12.3 Å². The van der Waals surface area contributed by atoms with Crippen LogP contribution >= 0.6 is 11.8 Å². The Kier molecular flexibility index (Phi) is 11.0. The van der Waals surface area contributed by atoms with Crippen LogP contribution in [0.1, 0.15) is 71.1 Å². The molecule has 0 aliphatic heterocycles. The Balaban J connectivity index is 2.48. The third kappa shape index (κ3) is 8.21. The summed E-state index contributed by atoms with van der Waals surface area (Å²) in [5.41, 5.74) is 0. The Morgan fingerprint density at radius 3 is 2.11 bits per heavy atom. The van der Waals surface area contributed by atoms with Gasteiger partial charge in [-0.2, -0.15) is 11.8 Å². The van der Waals surface area contributed by atoms with E-state index in [9.17, 15) is 0 Å². The summed E-state index contributed by atoms with van der Waals surface area (Å²) in [6.45, 7) is 3.60. The van der Waals surface area contributed by atoms with Crippen molar-refractivity contribution in [1.82, 2.24) is 5.32 Å². The van der Waals surface area contributed by atoms with Gasteiger partial charge in [0.05, 0.1) is 6.61 Å². The smallest absolute Gasteiger partial charge is 0.0521 e. The van der Waals surface area contributed by atoms with E-state index < -0.39 is 0 Å². The van der Waals surface area contributed by atoms with Crippen molar-refractivity contribution in [2.45, 2.75) is 82.4 Å². The molecule has 0 aromatic carbocycles. The second-order valence-electron chi connectivity index (χ2n) is 5.70. The number of thioether (sulfide) groups is 1. The summed E-state index contributed by atoms with van der Waals surface area (Å²) in [7, 11) is 0. The van der Waals surface area contributed by atoms with Gasteiger partial charge in [-0.25, -0.2) is 0 Å². The molecule has 114 valence electrons. The third-order valence-electron chi connectivity index (χ3n) is 4.09. The van der Waals surface area contributed by atoms with Gasteiger partial charge in [0.2, 0.25) is 0 Å². The van der Waals surface area contributed by atoms with Crippen LogP contribution in [0.5, 0.6) is 0 Å². The minimum atomic E-state index is 0.319. The summed E-state index contributed by atoms with van der Waals surface area (Å²) in [6.07, 6.45) is 13.9. The Morgan fingerprint density at radius 1 is 0.947 bits per heavy atom. The molecule has 0 amide bonds. The first-order valence-electron chi connectivity index (χ1n) is 8.34. The van der Waals surface area contributed by atoms with Crippen molar-refractivity contribution in [2.24, 2.45) is 0 Å². The van der Waals surface area contributed by atoms with Crippen LogP contribution in [0.2, 0.25) is 0 Å². The van der Waals surface area contributed by atoms with Gasteiger partial charge in [-0.15, -0.1) is 0 Å². The van der Waals surface area contributed by atoms with Gasteiger partial charge in [0.25, 0.3) is 0 Å². The molecule has 2 atom stereocenters. The van der Waals surface area contributed by atoms with Crippen molar-refractivity contribution in [1.29, 1.82) is 0 Å². The summed E-state index contributed by atoms with van der Waals surface area (Å²) >= 11 is 1.98. The summed E-state index contributed by atoms with van der Waals surface area (Å²) in [6, 6.07) is 0.654. The first kappa shape index (κ1) is 17.3. The van der Waals surface area contributed by atoms with Gasteiger partial charge in [0.1, 0.15) is 0 Å². The molecule has 0 aromatic rings. The average Bonchev–Trinajstić information content (AvgIpc) is 2.41. The van der Waals surface area contributed by atoms with E-state index in [4.69, 9.17) is 5.11 Å². The van der Waals surface area contributed by atoms with Gasteiger partial charge in [-0.1, -0.05) is 58.3 Å². The minimum Gasteiger partial charge on any atom is -0.396 e. The molecule has 0 spiro atoms. The minimum absolute atomic E-state index is 0.319. The van der Waals surface area contributed by atoms with Crippen LogP contribution in [0.25, 0.3) is 0 Å². The fourth-order valence-corrected chi connectivity index (χ4v) is 4.26. The normalized spacial score (nSPS) is 27.5. The van der Waals surface area contributed by atoms with Gasteiger partial charge in [0, 0.05) is 17.0 Å². The molecular formula is C16H33NOS. The van der Waals surface area contributed by atoms with Crippen LogP contribution in [0.15, 0.2) is 0 Å². The van der Waals surface area contributed by atoms with Crippen LogP contribution < -0.4 is 5.32 Å². The molecular weight excluding hydrogens is 254 g/mol. The molecule has 1 rings (SSSR count). The highest BCUT2D eigenvalue weighted by molar-refractivity contribution is 7.99. The quantitative estimate of drug-likeness (QED) is 0.802. The van der Waals surface area contributed by atoms with Gasteiger partial charge < -0.3 is 10.4 Å². The maximum Gasteiger partial charge on any atom is 0.0521 e. The Bertz CT molecular complexity index is 201. The molecule has 2 unspecified atom stereocenters. The number of aliphatic hydroxyl groups is 1. The second-order valence-corrected chi connectivity index (χ2v) is 7.05. The highest BCUT2D eigenvalue weighted by Crippen LogP contribution is 2.25. The number of hydrogen-bond donors (Lipinski definition) is 2. The molecule has 2 nitrogen and oxygen atoms in total. The van der Waals surface area contributed by atoms with E-state index in [2.05, 4.69) is 12.2 Å². The lowest BCUT2D eigenvalue weighted by atomic mass is 9.97. The largest absolute Gasteiger partial charge is 0.396 e. The maximum absolute atomic E-state index is 9.08. The molecule has 0 bridgehead atoms. The van der Waals surface area contributed by atoms with Crippen LogP contribution in [-0.4, -0.2) is 35.3 Å². The molecule has 0 aromatic heterocycles. The number of rotatable bonds is 5. The molecule has 1 aliphatic rings. The maximum atomic E-state index is 9.08. The lowest BCUT2D eigenvalue weighted by Crippen LogP contribution is -2.38. The van der Waals surface area contributed by atoms with Crippen LogP contribution in [0, 0.1) is 0 Å². The standard InChI is InChI=1S/C16H33NOS/c1-2-17-15-11-9-7-5-3-4-6-8-10-12-16(15)19-14-13-18/h15-18H,2-14H2,1H3. The molecule has 1 aliphatic carbocycles. The van der Waals surface area contributed by atoms with Gasteiger partial charge >= 0.3 is 0 Å². The summed E-state index contributed by atoms with van der Waals surface area (Å²) < 4.78 is 0. The second kappa shape index (κ2) is 12.0. The SMILES string of the molecule is CCNC1CCCCCCCCCCC1SCCO. The lowest BCUT2D eigenvalue weighted by molar-refractivity contribution is 0.322. The van der Waals surface area contributed by atoms with Crippen molar-refractivity contribution in [3.05, 3.63) is 0 Å². The zero-order chi connectivity index (χ0) is 13.8. The van der Waals surface area contributed by atoms with E-state index in [-0.39, 0.29) is 0 Å². The first-order valence-corrected chi connectivity index (χ1v) is 9.39. The number of nitrogens with one attached hydrogen (secondary N) is 1. The van der Waals surface area contributed by atoms with Crippen molar-refractivity contribution in [3.8, 4) is 0 Å². The monoisotopic (exact) mass is 287 g/mol. The summed E-state index contributed by atoms with van der Waals surface area (Å²) in [4.78, 5) is 0. The van der Waals surface area contributed by atoms with Crippen molar-refractivity contribution in [2.75, 3.05) is 18.9 Å². The van der Waals surface area contributed by atoms with E-state index in [1.807, 2.05) is 11.8 Å². The molecule has 1 saturated carbocycles. The highest BCUT2D eigenvalue weighted by atomic mass is 32.2. The van der Waals surface area contributed by atoms with Gasteiger partial charge in [0.15, 0.2) is 0 Å². The molecule has 3 heteroatoms. The molecule has 0 saturated heterocycles. The topological polar surface area (TPSA) is 32.3 Å². The number of aliphatic hydroxyl groups excluding tert-OH is 1.